The van der Waals surface area contributed by atoms with Crippen molar-refractivity contribution in [3.63, 3.8) is 0 Å². The predicted octanol–water partition coefficient (Wildman–Crippen LogP) is 3.86. The van der Waals surface area contributed by atoms with E-state index >= 15 is 0 Å². The monoisotopic (exact) mass is 273 g/mol. The molecule has 1 aliphatic rings. The number of fused-ring (bicyclic) bond motifs is 1. The van der Waals surface area contributed by atoms with Crippen molar-refractivity contribution in [2.45, 2.75) is 38.8 Å². The molecule has 1 saturated carbocycles. The van der Waals surface area contributed by atoms with Crippen LogP contribution in [0, 0.1) is 5.92 Å². The van der Waals surface area contributed by atoms with Gasteiger partial charge in [-0.2, -0.15) is 0 Å². The van der Waals surface area contributed by atoms with E-state index in [9.17, 15) is 0 Å². The summed E-state index contributed by atoms with van der Waals surface area (Å²) in [4.78, 5) is 0. The Morgan fingerprint density at radius 2 is 2.05 bits per heavy atom. The van der Waals surface area contributed by atoms with Gasteiger partial charge in [0, 0.05) is 17.6 Å². The molecule has 0 amide bonds. The number of ether oxygens (including phenoxy) is 1. The van der Waals surface area contributed by atoms with Crippen molar-refractivity contribution < 1.29 is 9.15 Å². The molecule has 20 heavy (non-hydrogen) atoms. The van der Waals surface area contributed by atoms with Crippen molar-refractivity contribution in [3.05, 3.63) is 35.6 Å². The Morgan fingerprint density at radius 3 is 2.85 bits per heavy atom. The molecule has 3 heteroatoms. The first-order valence-corrected chi connectivity index (χ1v) is 7.60. The second kappa shape index (κ2) is 6.42. The van der Waals surface area contributed by atoms with Crippen LogP contribution in [0.2, 0.25) is 0 Å². The molecule has 0 aliphatic heterocycles. The lowest BCUT2D eigenvalue weighted by molar-refractivity contribution is 0.0884. The maximum atomic E-state index is 5.97. The molecular formula is C17H23NO2. The number of nitrogens with one attached hydrogen (secondary N) is 1. The molecule has 3 nitrogen and oxygen atoms in total. The largest absolute Gasteiger partial charge is 0.459 e. The Kier molecular flexibility index (Phi) is 4.38. The zero-order chi connectivity index (χ0) is 13.8. The van der Waals surface area contributed by atoms with Crippen molar-refractivity contribution in [2.75, 3.05) is 13.7 Å². The molecule has 108 valence electrons. The minimum Gasteiger partial charge on any atom is -0.459 e. The predicted molar refractivity (Wildman–Crippen MR) is 80.6 cm³/mol. The lowest BCUT2D eigenvalue weighted by Crippen LogP contribution is -2.09. The van der Waals surface area contributed by atoms with Crippen molar-refractivity contribution in [1.82, 2.24) is 5.32 Å². The molecule has 1 aromatic heterocycles. The summed E-state index contributed by atoms with van der Waals surface area (Å²) in [5.41, 5.74) is 2.16. The van der Waals surface area contributed by atoms with Crippen LogP contribution in [0.3, 0.4) is 0 Å². The molecule has 3 rings (SSSR count). The van der Waals surface area contributed by atoms with Gasteiger partial charge in [0.05, 0.1) is 13.2 Å². The third-order valence-electron chi connectivity index (χ3n) is 4.19. The minimum atomic E-state index is 0.657. The van der Waals surface area contributed by atoms with Crippen molar-refractivity contribution in [1.29, 1.82) is 0 Å². The first-order chi connectivity index (χ1) is 9.88. The molecule has 0 spiro atoms. The average molecular weight is 273 g/mol. The van der Waals surface area contributed by atoms with E-state index in [0.29, 0.717) is 6.61 Å². The second-order valence-electron chi connectivity index (χ2n) is 5.70. The number of hydrogen-bond donors (Lipinski definition) is 1. The summed E-state index contributed by atoms with van der Waals surface area (Å²) in [6.07, 6.45) is 5.40. The molecule has 1 aromatic carbocycles. The van der Waals surface area contributed by atoms with Gasteiger partial charge in [-0.05, 0) is 31.9 Å². The van der Waals surface area contributed by atoms with Crippen LogP contribution in [0.25, 0.3) is 11.0 Å². The van der Waals surface area contributed by atoms with Crippen molar-refractivity contribution in [2.24, 2.45) is 5.92 Å². The van der Waals surface area contributed by atoms with Crippen molar-refractivity contribution >= 4 is 11.0 Å². The van der Waals surface area contributed by atoms with Crippen LogP contribution in [0.15, 0.2) is 28.7 Å². The lowest BCUT2D eigenvalue weighted by atomic mass is 10.1. The van der Waals surface area contributed by atoms with E-state index in [-0.39, 0.29) is 0 Å². The normalized spacial score (nSPS) is 16.2. The molecule has 1 heterocycles. The lowest BCUT2D eigenvalue weighted by Gasteiger charge is -2.10. The molecule has 0 saturated heterocycles. The van der Waals surface area contributed by atoms with Crippen LogP contribution in [-0.2, 0) is 17.9 Å². The Hall–Kier alpha value is -1.32. The zero-order valence-electron chi connectivity index (χ0n) is 12.2. The van der Waals surface area contributed by atoms with E-state index in [2.05, 4.69) is 17.4 Å². The van der Waals surface area contributed by atoms with E-state index in [1.54, 1.807) is 0 Å². The van der Waals surface area contributed by atoms with E-state index in [1.165, 1.54) is 36.6 Å². The number of rotatable bonds is 6. The molecule has 0 unspecified atom stereocenters. The van der Waals surface area contributed by atoms with Gasteiger partial charge >= 0.3 is 0 Å². The van der Waals surface area contributed by atoms with Gasteiger partial charge in [-0.3, -0.25) is 0 Å². The minimum absolute atomic E-state index is 0.657. The van der Waals surface area contributed by atoms with Gasteiger partial charge in [-0.1, -0.05) is 31.0 Å². The maximum Gasteiger partial charge on any atom is 0.134 e. The summed E-state index contributed by atoms with van der Waals surface area (Å²) >= 11 is 0. The number of hydrogen-bond acceptors (Lipinski definition) is 3. The Morgan fingerprint density at radius 1 is 1.25 bits per heavy atom. The third-order valence-corrected chi connectivity index (χ3v) is 4.19. The summed E-state index contributed by atoms with van der Waals surface area (Å²) in [7, 11) is 1.94. The topological polar surface area (TPSA) is 34.4 Å². The molecule has 2 aromatic rings. The van der Waals surface area contributed by atoms with Crippen LogP contribution in [-0.4, -0.2) is 13.7 Å². The van der Waals surface area contributed by atoms with Crippen LogP contribution in [0.4, 0.5) is 0 Å². The molecular weight excluding hydrogens is 250 g/mol. The Labute approximate surface area is 120 Å². The molecule has 0 atom stereocenters. The summed E-state index contributed by atoms with van der Waals surface area (Å²) in [6, 6.07) is 8.21. The van der Waals surface area contributed by atoms with Gasteiger partial charge in [-0.25, -0.2) is 0 Å². The second-order valence-corrected chi connectivity index (χ2v) is 5.70. The summed E-state index contributed by atoms with van der Waals surface area (Å²) in [6.45, 7) is 2.29. The van der Waals surface area contributed by atoms with E-state index in [1.807, 2.05) is 19.2 Å². The van der Waals surface area contributed by atoms with E-state index < -0.39 is 0 Å². The molecule has 0 radical (unpaired) electrons. The zero-order valence-corrected chi connectivity index (χ0v) is 12.2. The van der Waals surface area contributed by atoms with Gasteiger partial charge in [0.1, 0.15) is 11.3 Å². The fourth-order valence-corrected chi connectivity index (χ4v) is 3.12. The highest BCUT2D eigenvalue weighted by Crippen LogP contribution is 2.28. The highest BCUT2D eigenvalue weighted by molar-refractivity contribution is 5.82. The third kappa shape index (κ3) is 2.89. The van der Waals surface area contributed by atoms with Crippen LogP contribution < -0.4 is 5.32 Å². The Balaban J connectivity index is 1.72. The molecule has 0 bridgehead atoms. The van der Waals surface area contributed by atoms with E-state index in [0.717, 1.165) is 30.4 Å². The fraction of sp³-hybridized carbons (Fsp3) is 0.529. The van der Waals surface area contributed by atoms with Gasteiger partial charge in [-0.15, -0.1) is 0 Å². The first kappa shape index (κ1) is 13.7. The van der Waals surface area contributed by atoms with Gasteiger partial charge in [0.25, 0.3) is 0 Å². The average Bonchev–Trinajstić information content (AvgIpc) is 3.08. The standard InChI is InChI=1S/C17H23NO2/c1-18-10-17-15(12-19-11-13-6-2-3-7-13)14-8-4-5-9-16(14)20-17/h4-5,8-9,13,18H,2-3,6-7,10-12H2,1H3. The maximum absolute atomic E-state index is 5.97. The highest BCUT2D eigenvalue weighted by atomic mass is 16.5. The summed E-state index contributed by atoms with van der Waals surface area (Å²) in [5.74, 6) is 1.76. The van der Waals surface area contributed by atoms with Gasteiger partial charge in [0.2, 0.25) is 0 Å². The highest BCUT2D eigenvalue weighted by Gasteiger charge is 2.17. The number of furan rings is 1. The summed E-state index contributed by atoms with van der Waals surface area (Å²) < 4.78 is 11.9. The first-order valence-electron chi connectivity index (χ1n) is 7.60. The smallest absolute Gasteiger partial charge is 0.134 e. The van der Waals surface area contributed by atoms with E-state index in [4.69, 9.17) is 9.15 Å². The van der Waals surface area contributed by atoms with Gasteiger partial charge < -0.3 is 14.5 Å². The number of para-hydroxylation sites is 1. The Bertz CT molecular complexity index is 555. The van der Waals surface area contributed by atoms with Crippen LogP contribution in [0.1, 0.15) is 37.0 Å². The van der Waals surface area contributed by atoms with Crippen molar-refractivity contribution in [3.8, 4) is 0 Å². The van der Waals surface area contributed by atoms with Crippen LogP contribution in [0.5, 0.6) is 0 Å². The van der Waals surface area contributed by atoms with Crippen LogP contribution >= 0.6 is 0 Å². The molecule has 1 fully saturated rings. The van der Waals surface area contributed by atoms with Gasteiger partial charge in [0.15, 0.2) is 0 Å². The SMILES string of the molecule is CNCc1oc2ccccc2c1COCC1CCCC1. The molecule has 1 N–H and O–H groups in total. The number of benzene rings is 1. The quantitative estimate of drug-likeness (QED) is 0.868. The summed E-state index contributed by atoms with van der Waals surface area (Å²) in [5, 5.41) is 4.35. The fourth-order valence-electron chi connectivity index (χ4n) is 3.12. The molecule has 1 aliphatic carbocycles.